The van der Waals surface area contributed by atoms with Gasteiger partial charge in [0.2, 0.25) is 0 Å². The van der Waals surface area contributed by atoms with Crippen molar-refractivity contribution in [2.75, 3.05) is 18.0 Å². The lowest BCUT2D eigenvalue weighted by atomic mass is 9.91. The normalized spacial score (nSPS) is 24.5. The summed E-state index contributed by atoms with van der Waals surface area (Å²) in [7, 11) is 0. The maximum atomic E-state index is 9.16. The molecular formula is C14H19N3. The molecule has 0 amide bonds. The molecule has 0 spiro atoms. The minimum Gasteiger partial charge on any atom is -0.355 e. The van der Waals surface area contributed by atoms with Crippen molar-refractivity contribution in [1.29, 1.82) is 5.26 Å². The smallest absolute Gasteiger partial charge is 0.146 e. The fraction of sp³-hybridized carbons (Fsp3) is 0.571. The fourth-order valence-electron chi connectivity index (χ4n) is 2.71. The number of nitrogens with zero attached hydrogens (tertiary/aromatic N) is 3. The standard InChI is InChI=1S/C14H19N3/c1-10-6-11(2)9-17(8-10)14-13(7-15)5-4-12(3)16-14/h4-5,10-11H,6,8-9H2,1-3H3. The van der Waals surface area contributed by atoms with Crippen molar-refractivity contribution in [3.8, 4) is 6.07 Å². The van der Waals surface area contributed by atoms with Crippen molar-refractivity contribution in [3.63, 3.8) is 0 Å². The molecule has 1 aliphatic heterocycles. The second-order valence-electron chi connectivity index (χ2n) is 5.29. The van der Waals surface area contributed by atoms with Crippen LogP contribution < -0.4 is 4.90 Å². The third-order valence-corrected chi connectivity index (χ3v) is 3.30. The van der Waals surface area contributed by atoms with Crippen molar-refractivity contribution in [2.24, 2.45) is 11.8 Å². The molecule has 0 N–H and O–H groups in total. The SMILES string of the molecule is Cc1ccc(C#N)c(N2CC(C)CC(C)C2)n1. The van der Waals surface area contributed by atoms with E-state index in [1.165, 1.54) is 6.42 Å². The van der Waals surface area contributed by atoms with E-state index in [0.29, 0.717) is 17.4 Å². The first-order valence-corrected chi connectivity index (χ1v) is 6.23. The van der Waals surface area contributed by atoms with E-state index in [1.807, 2.05) is 19.1 Å². The van der Waals surface area contributed by atoms with Gasteiger partial charge >= 0.3 is 0 Å². The first-order chi connectivity index (χ1) is 8.10. The Morgan fingerprint density at radius 3 is 2.53 bits per heavy atom. The van der Waals surface area contributed by atoms with Crippen LogP contribution in [0.2, 0.25) is 0 Å². The van der Waals surface area contributed by atoms with Gasteiger partial charge in [-0.3, -0.25) is 0 Å². The Morgan fingerprint density at radius 2 is 1.94 bits per heavy atom. The Kier molecular flexibility index (Phi) is 3.33. The lowest BCUT2D eigenvalue weighted by Crippen LogP contribution is -2.39. The van der Waals surface area contributed by atoms with Crippen LogP contribution in [0.3, 0.4) is 0 Å². The molecule has 0 saturated carbocycles. The molecule has 0 aliphatic carbocycles. The second-order valence-corrected chi connectivity index (χ2v) is 5.29. The Bertz CT molecular complexity index is 437. The molecule has 90 valence electrons. The highest BCUT2D eigenvalue weighted by Crippen LogP contribution is 2.27. The summed E-state index contributed by atoms with van der Waals surface area (Å²) in [6.45, 7) is 8.53. The number of nitriles is 1. The maximum absolute atomic E-state index is 9.16. The summed E-state index contributed by atoms with van der Waals surface area (Å²) in [5.74, 6) is 2.21. The van der Waals surface area contributed by atoms with Crippen LogP contribution in [0.25, 0.3) is 0 Å². The third kappa shape index (κ3) is 2.58. The number of rotatable bonds is 1. The Balaban J connectivity index is 2.33. The van der Waals surface area contributed by atoms with Crippen molar-refractivity contribution in [1.82, 2.24) is 4.98 Å². The Labute approximate surface area is 103 Å². The van der Waals surface area contributed by atoms with E-state index in [2.05, 4.69) is 29.8 Å². The van der Waals surface area contributed by atoms with Gasteiger partial charge in [0.15, 0.2) is 0 Å². The minimum absolute atomic E-state index is 0.674. The van der Waals surface area contributed by atoms with Crippen molar-refractivity contribution in [2.45, 2.75) is 27.2 Å². The Hall–Kier alpha value is -1.56. The molecule has 1 saturated heterocycles. The summed E-state index contributed by atoms with van der Waals surface area (Å²) < 4.78 is 0. The van der Waals surface area contributed by atoms with Crippen LogP contribution in [0.1, 0.15) is 31.5 Å². The molecule has 2 heterocycles. The van der Waals surface area contributed by atoms with Crippen molar-refractivity contribution >= 4 is 5.82 Å². The average molecular weight is 229 g/mol. The summed E-state index contributed by atoms with van der Waals surface area (Å²) in [5, 5.41) is 9.16. The quantitative estimate of drug-likeness (QED) is 0.743. The number of piperidine rings is 1. The van der Waals surface area contributed by atoms with Crippen LogP contribution in [0, 0.1) is 30.1 Å². The van der Waals surface area contributed by atoms with E-state index in [9.17, 15) is 0 Å². The molecule has 0 radical (unpaired) electrons. The van der Waals surface area contributed by atoms with Gasteiger partial charge in [0, 0.05) is 18.8 Å². The molecular weight excluding hydrogens is 210 g/mol. The number of aromatic nitrogens is 1. The van der Waals surface area contributed by atoms with Gasteiger partial charge in [-0.25, -0.2) is 4.98 Å². The van der Waals surface area contributed by atoms with Crippen molar-refractivity contribution < 1.29 is 0 Å². The van der Waals surface area contributed by atoms with E-state index in [4.69, 9.17) is 5.26 Å². The van der Waals surface area contributed by atoms with Crippen LogP contribution in [0.15, 0.2) is 12.1 Å². The Morgan fingerprint density at radius 1 is 1.29 bits per heavy atom. The van der Waals surface area contributed by atoms with Gasteiger partial charge in [-0.15, -0.1) is 0 Å². The van der Waals surface area contributed by atoms with E-state index in [-0.39, 0.29) is 0 Å². The molecule has 0 bridgehead atoms. The molecule has 3 heteroatoms. The van der Waals surface area contributed by atoms with Gasteiger partial charge < -0.3 is 4.90 Å². The van der Waals surface area contributed by atoms with Gasteiger partial charge in [0.05, 0.1) is 5.56 Å². The number of hydrogen-bond donors (Lipinski definition) is 0. The number of aryl methyl sites for hydroxylation is 1. The summed E-state index contributed by atoms with van der Waals surface area (Å²) in [4.78, 5) is 6.81. The molecule has 1 aliphatic rings. The lowest BCUT2D eigenvalue weighted by molar-refractivity contribution is 0.355. The monoisotopic (exact) mass is 229 g/mol. The van der Waals surface area contributed by atoms with Gasteiger partial charge in [-0.1, -0.05) is 13.8 Å². The zero-order chi connectivity index (χ0) is 12.4. The highest BCUT2D eigenvalue weighted by Gasteiger charge is 2.24. The molecule has 3 nitrogen and oxygen atoms in total. The predicted octanol–water partition coefficient (Wildman–Crippen LogP) is 2.74. The zero-order valence-electron chi connectivity index (χ0n) is 10.8. The highest BCUT2D eigenvalue weighted by atomic mass is 15.2. The molecule has 2 rings (SSSR count). The maximum Gasteiger partial charge on any atom is 0.146 e. The molecule has 1 aromatic heterocycles. The zero-order valence-corrected chi connectivity index (χ0v) is 10.8. The number of hydrogen-bond acceptors (Lipinski definition) is 3. The van der Waals surface area contributed by atoms with Crippen LogP contribution in [0.5, 0.6) is 0 Å². The molecule has 17 heavy (non-hydrogen) atoms. The van der Waals surface area contributed by atoms with E-state index in [0.717, 1.165) is 24.6 Å². The van der Waals surface area contributed by atoms with E-state index in [1.54, 1.807) is 0 Å². The van der Waals surface area contributed by atoms with Gasteiger partial charge in [-0.2, -0.15) is 5.26 Å². The molecule has 1 aromatic rings. The fourth-order valence-corrected chi connectivity index (χ4v) is 2.71. The molecule has 2 atom stereocenters. The number of anilines is 1. The van der Waals surface area contributed by atoms with Gasteiger partial charge in [0.1, 0.15) is 11.9 Å². The van der Waals surface area contributed by atoms with Crippen LogP contribution in [-0.2, 0) is 0 Å². The van der Waals surface area contributed by atoms with Crippen LogP contribution in [-0.4, -0.2) is 18.1 Å². The van der Waals surface area contributed by atoms with Gasteiger partial charge in [-0.05, 0) is 37.3 Å². The largest absolute Gasteiger partial charge is 0.355 e. The lowest BCUT2D eigenvalue weighted by Gasteiger charge is -2.36. The summed E-state index contributed by atoms with van der Waals surface area (Å²) in [6.07, 6.45) is 1.27. The first kappa shape index (κ1) is 11.9. The van der Waals surface area contributed by atoms with E-state index < -0.39 is 0 Å². The van der Waals surface area contributed by atoms with Crippen LogP contribution in [0.4, 0.5) is 5.82 Å². The summed E-state index contributed by atoms with van der Waals surface area (Å²) in [6, 6.07) is 6.02. The van der Waals surface area contributed by atoms with Crippen LogP contribution >= 0.6 is 0 Å². The second kappa shape index (κ2) is 4.75. The molecule has 1 fully saturated rings. The first-order valence-electron chi connectivity index (χ1n) is 6.23. The van der Waals surface area contributed by atoms with Gasteiger partial charge in [0.25, 0.3) is 0 Å². The summed E-state index contributed by atoms with van der Waals surface area (Å²) in [5.41, 5.74) is 1.67. The third-order valence-electron chi connectivity index (χ3n) is 3.30. The number of pyridine rings is 1. The predicted molar refractivity (Wildman–Crippen MR) is 68.8 cm³/mol. The van der Waals surface area contributed by atoms with Crippen molar-refractivity contribution in [3.05, 3.63) is 23.4 Å². The molecule has 0 aromatic carbocycles. The average Bonchev–Trinajstić information content (AvgIpc) is 2.27. The summed E-state index contributed by atoms with van der Waals surface area (Å²) >= 11 is 0. The molecule has 2 unspecified atom stereocenters. The topological polar surface area (TPSA) is 39.9 Å². The van der Waals surface area contributed by atoms with E-state index >= 15 is 0 Å². The highest BCUT2D eigenvalue weighted by molar-refractivity contribution is 5.54. The minimum atomic E-state index is 0.674.